The minimum absolute atomic E-state index is 0.444. The summed E-state index contributed by atoms with van der Waals surface area (Å²) >= 11 is 0. The molecule has 20 heavy (non-hydrogen) atoms. The van der Waals surface area contributed by atoms with Crippen molar-refractivity contribution < 1.29 is 9.47 Å². The van der Waals surface area contributed by atoms with E-state index in [1.54, 1.807) is 7.11 Å². The maximum Gasteiger partial charge on any atom is 0.0700 e. The normalized spacial score (nSPS) is 13.1. The second kappa shape index (κ2) is 9.97. The van der Waals surface area contributed by atoms with Gasteiger partial charge in [0.2, 0.25) is 0 Å². The van der Waals surface area contributed by atoms with E-state index in [1.807, 2.05) is 0 Å². The maximum atomic E-state index is 5.48. The molecule has 0 aromatic carbocycles. The van der Waals surface area contributed by atoms with Gasteiger partial charge < -0.3 is 19.4 Å². The standard InChI is InChI=1S/C16H30N2O2/c1-5-17-16(14(2)3)15-7-9-18(13-15)8-6-10-20-12-11-19-4/h7,9,13-14,16-17H,5-6,8,10-12H2,1-4H3. The number of aromatic nitrogens is 1. The first-order valence-corrected chi connectivity index (χ1v) is 7.64. The van der Waals surface area contributed by atoms with Crippen molar-refractivity contribution in [2.75, 3.05) is 33.5 Å². The molecule has 0 saturated heterocycles. The van der Waals surface area contributed by atoms with Crippen LogP contribution in [-0.2, 0) is 16.0 Å². The molecular formula is C16H30N2O2. The van der Waals surface area contributed by atoms with Gasteiger partial charge in [-0.2, -0.15) is 0 Å². The van der Waals surface area contributed by atoms with Gasteiger partial charge in [-0.25, -0.2) is 0 Å². The van der Waals surface area contributed by atoms with Crippen molar-refractivity contribution in [3.05, 3.63) is 24.0 Å². The van der Waals surface area contributed by atoms with E-state index in [0.717, 1.165) is 26.1 Å². The Balaban J connectivity index is 2.34. The fourth-order valence-corrected chi connectivity index (χ4v) is 2.33. The number of aryl methyl sites for hydroxylation is 1. The molecule has 4 heteroatoms. The van der Waals surface area contributed by atoms with Crippen LogP contribution in [0.1, 0.15) is 38.8 Å². The maximum absolute atomic E-state index is 5.48. The van der Waals surface area contributed by atoms with E-state index in [9.17, 15) is 0 Å². The lowest BCUT2D eigenvalue weighted by atomic mass is 9.98. The highest BCUT2D eigenvalue weighted by molar-refractivity contribution is 5.16. The molecule has 0 aliphatic carbocycles. The molecule has 0 spiro atoms. The average Bonchev–Trinajstić information content (AvgIpc) is 2.88. The summed E-state index contributed by atoms with van der Waals surface area (Å²) < 4.78 is 12.7. The van der Waals surface area contributed by atoms with Crippen molar-refractivity contribution in [1.29, 1.82) is 0 Å². The lowest BCUT2D eigenvalue weighted by Gasteiger charge is -2.20. The Labute approximate surface area is 123 Å². The Hall–Kier alpha value is -0.840. The first kappa shape index (κ1) is 17.2. The van der Waals surface area contributed by atoms with E-state index in [0.29, 0.717) is 25.2 Å². The monoisotopic (exact) mass is 282 g/mol. The predicted octanol–water partition coefficient (Wildman–Crippen LogP) is 2.85. The van der Waals surface area contributed by atoms with Crippen molar-refractivity contribution >= 4 is 0 Å². The van der Waals surface area contributed by atoms with Crippen molar-refractivity contribution in [2.45, 2.75) is 39.8 Å². The van der Waals surface area contributed by atoms with E-state index in [2.05, 4.69) is 49.1 Å². The molecule has 1 heterocycles. The molecule has 0 aliphatic heterocycles. The average molecular weight is 282 g/mol. The van der Waals surface area contributed by atoms with Crippen LogP contribution in [0.2, 0.25) is 0 Å². The van der Waals surface area contributed by atoms with Crippen LogP contribution in [0.15, 0.2) is 18.5 Å². The summed E-state index contributed by atoms with van der Waals surface area (Å²) in [6.07, 6.45) is 5.45. The molecule has 4 nitrogen and oxygen atoms in total. The molecule has 0 amide bonds. The first-order valence-electron chi connectivity index (χ1n) is 7.64. The van der Waals surface area contributed by atoms with Crippen LogP contribution in [0.25, 0.3) is 0 Å². The number of nitrogens with one attached hydrogen (secondary N) is 1. The number of nitrogens with zero attached hydrogens (tertiary/aromatic N) is 1. The Bertz CT molecular complexity index is 350. The molecule has 1 rings (SSSR count). The summed E-state index contributed by atoms with van der Waals surface area (Å²) in [7, 11) is 1.69. The van der Waals surface area contributed by atoms with Gasteiger partial charge in [0, 0.05) is 38.7 Å². The topological polar surface area (TPSA) is 35.4 Å². The van der Waals surface area contributed by atoms with E-state index >= 15 is 0 Å². The van der Waals surface area contributed by atoms with E-state index in [1.165, 1.54) is 5.56 Å². The third-order valence-electron chi connectivity index (χ3n) is 3.36. The first-order chi connectivity index (χ1) is 9.69. The third-order valence-corrected chi connectivity index (χ3v) is 3.36. The number of hydrogen-bond donors (Lipinski definition) is 1. The minimum Gasteiger partial charge on any atom is -0.382 e. The summed E-state index contributed by atoms with van der Waals surface area (Å²) in [5.74, 6) is 0.600. The summed E-state index contributed by atoms with van der Waals surface area (Å²) in [5.41, 5.74) is 1.38. The largest absolute Gasteiger partial charge is 0.382 e. The summed E-state index contributed by atoms with van der Waals surface area (Å²) in [6.45, 7) is 10.8. The third kappa shape index (κ3) is 6.07. The van der Waals surface area contributed by atoms with Gasteiger partial charge >= 0.3 is 0 Å². The quantitative estimate of drug-likeness (QED) is 0.634. The smallest absolute Gasteiger partial charge is 0.0700 e. The zero-order valence-corrected chi connectivity index (χ0v) is 13.4. The lowest BCUT2D eigenvalue weighted by molar-refractivity contribution is 0.0680. The van der Waals surface area contributed by atoms with E-state index in [-0.39, 0.29) is 0 Å². The molecule has 0 aliphatic rings. The van der Waals surface area contributed by atoms with Crippen molar-refractivity contribution in [3.8, 4) is 0 Å². The number of methoxy groups -OCH3 is 1. The summed E-state index contributed by atoms with van der Waals surface area (Å²) in [4.78, 5) is 0. The second-order valence-electron chi connectivity index (χ2n) is 5.42. The molecule has 1 atom stereocenters. The Morgan fingerprint density at radius 3 is 2.70 bits per heavy atom. The van der Waals surface area contributed by atoms with Crippen molar-refractivity contribution in [3.63, 3.8) is 0 Å². The number of hydrogen-bond acceptors (Lipinski definition) is 3. The molecule has 1 aromatic rings. The Morgan fingerprint density at radius 1 is 1.25 bits per heavy atom. The van der Waals surface area contributed by atoms with Crippen molar-refractivity contribution in [1.82, 2.24) is 9.88 Å². The van der Waals surface area contributed by atoms with Crippen LogP contribution in [0.3, 0.4) is 0 Å². The zero-order chi connectivity index (χ0) is 14.8. The van der Waals surface area contributed by atoms with Gasteiger partial charge in [-0.05, 0) is 30.5 Å². The summed E-state index contributed by atoms with van der Waals surface area (Å²) in [5, 5.41) is 3.55. The van der Waals surface area contributed by atoms with Crippen LogP contribution in [-0.4, -0.2) is 38.0 Å². The predicted molar refractivity (Wildman–Crippen MR) is 83.0 cm³/mol. The van der Waals surface area contributed by atoms with Gasteiger partial charge in [0.05, 0.1) is 13.2 Å². The number of ether oxygens (including phenoxy) is 2. The summed E-state index contributed by atoms with van der Waals surface area (Å²) in [6, 6.07) is 2.67. The Morgan fingerprint density at radius 2 is 2.05 bits per heavy atom. The van der Waals surface area contributed by atoms with Crippen molar-refractivity contribution in [2.24, 2.45) is 5.92 Å². The molecule has 0 fully saturated rings. The highest BCUT2D eigenvalue weighted by atomic mass is 16.5. The lowest BCUT2D eigenvalue weighted by Crippen LogP contribution is -2.25. The number of rotatable bonds is 11. The molecule has 0 bridgehead atoms. The van der Waals surface area contributed by atoms with Crippen LogP contribution < -0.4 is 5.32 Å². The molecule has 0 radical (unpaired) electrons. The van der Waals surface area contributed by atoms with Crippen LogP contribution in [0.4, 0.5) is 0 Å². The van der Waals surface area contributed by atoms with E-state index < -0.39 is 0 Å². The Kier molecular flexibility index (Phi) is 8.58. The second-order valence-corrected chi connectivity index (χ2v) is 5.42. The van der Waals surface area contributed by atoms with Crippen LogP contribution in [0.5, 0.6) is 0 Å². The molecule has 116 valence electrons. The van der Waals surface area contributed by atoms with Gasteiger partial charge in [-0.3, -0.25) is 0 Å². The highest BCUT2D eigenvalue weighted by Gasteiger charge is 2.15. The fourth-order valence-electron chi connectivity index (χ4n) is 2.33. The highest BCUT2D eigenvalue weighted by Crippen LogP contribution is 2.21. The van der Waals surface area contributed by atoms with Gasteiger partial charge in [0.25, 0.3) is 0 Å². The van der Waals surface area contributed by atoms with Gasteiger partial charge in [-0.15, -0.1) is 0 Å². The minimum atomic E-state index is 0.444. The van der Waals surface area contributed by atoms with E-state index in [4.69, 9.17) is 9.47 Å². The van der Waals surface area contributed by atoms with Crippen LogP contribution in [0, 0.1) is 5.92 Å². The SMILES string of the molecule is CCNC(c1ccn(CCCOCCOC)c1)C(C)C. The molecular weight excluding hydrogens is 252 g/mol. The fraction of sp³-hybridized carbons (Fsp3) is 0.750. The van der Waals surface area contributed by atoms with Gasteiger partial charge in [0.1, 0.15) is 0 Å². The van der Waals surface area contributed by atoms with Gasteiger partial charge in [0.15, 0.2) is 0 Å². The molecule has 1 unspecified atom stereocenters. The molecule has 1 aromatic heterocycles. The molecule has 0 saturated carbocycles. The van der Waals surface area contributed by atoms with Gasteiger partial charge in [-0.1, -0.05) is 20.8 Å². The zero-order valence-electron chi connectivity index (χ0n) is 13.4. The van der Waals surface area contributed by atoms with Crippen LogP contribution >= 0.6 is 0 Å². The molecule has 1 N–H and O–H groups in total.